The summed E-state index contributed by atoms with van der Waals surface area (Å²) in [5.74, 6) is -11.4. The van der Waals surface area contributed by atoms with Crippen LogP contribution in [0.3, 0.4) is 0 Å². The largest absolute Gasteiger partial charge is 0.462 e. The number of unbranched alkanes of at least 4 members (excludes halogenated alkanes) is 1. The van der Waals surface area contributed by atoms with Gasteiger partial charge in [-0.05, 0) is 164 Å². The fraction of sp³-hybridized carbons (Fsp3) is 0.696. The number of ether oxygens (including phenoxy) is 9. The number of carbonyl (C=O) groups excluding carboxylic acids is 10. The zero-order chi connectivity index (χ0) is 74.3. The number of cyclic esters (lactones) is 2. The SMILES string of the molecule is COC[C@H]1OC(=O)c2coc3c2[C@@]1(C)C1=C(C3=O)C2CC[C@H](OC(=O)CCCCC(=O)OC3CCC(C[C@@H](C)[C@@H]4CC(=O)C(C)/C=C(\C)[C@@H](O)[C@@H](OC)C(=O)[C@H](C)C[C@H](C)/C=C/C=C/C=C(\C)[C@@H](OC)C[C@@H]5CC[C@@H](C)[C@@](O)(O5)C(=O)C(=O)N5CCCC[C@H]5C(=O)O4)CC3)[C@@]2(C)C[C@H]1OC(C)=O. The van der Waals surface area contributed by atoms with Crippen molar-refractivity contribution in [1.82, 2.24) is 4.90 Å². The third-order valence-electron chi connectivity index (χ3n) is 23.6. The Morgan fingerprint density at radius 3 is 2.17 bits per heavy atom. The van der Waals surface area contributed by atoms with Crippen LogP contribution < -0.4 is 0 Å². The van der Waals surface area contributed by atoms with Crippen LogP contribution in [0.4, 0.5) is 0 Å². The minimum Gasteiger partial charge on any atom is -0.462 e. The number of nitrogens with zero attached hydrogens (tertiary/aromatic N) is 1. The van der Waals surface area contributed by atoms with Crippen LogP contribution in [0.1, 0.15) is 224 Å². The van der Waals surface area contributed by atoms with Gasteiger partial charge < -0.3 is 62.2 Å². The molecule has 23 heteroatoms. The van der Waals surface area contributed by atoms with Crippen molar-refractivity contribution >= 4 is 58.9 Å². The number of furan rings is 1. The van der Waals surface area contributed by atoms with Crippen molar-refractivity contribution in [3.8, 4) is 0 Å². The Morgan fingerprint density at radius 1 is 0.784 bits per heavy atom. The second-order valence-electron chi connectivity index (χ2n) is 30.9. The Morgan fingerprint density at radius 2 is 1.49 bits per heavy atom. The van der Waals surface area contributed by atoms with Crippen LogP contribution in [-0.2, 0) is 86.4 Å². The van der Waals surface area contributed by atoms with E-state index in [0.29, 0.717) is 112 Å². The van der Waals surface area contributed by atoms with Crippen molar-refractivity contribution in [1.29, 1.82) is 0 Å². The maximum atomic E-state index is 14.7. The minimum atomic E-state index is -2.49. The molecule has 1 amide bonds. The average molecular weight is 1420 g/mol. The topological polar surface area (TPSA) is 311 Å². The molecule has 2 saturated heterocycles. The Bertz CT molecular complexity index is 3460. The number of carbonyl (C=O) groups is 10. The molecule has 1 aromatic rings. The van der Waals surface area contributed by atoms with E-state index in [-0.39, 0.29) is 92.5 Å². The zero-order valence-electron chi connectivity index (χ0n) is 61.9. The molecule has 23 nitrogen and oxygen atoms in total. The number of rotatable bonds is 15. The van der Waals surface area contributed by atoms with E-state index in [4.69, 9.17) is 47.0 Å². The second-order valence-corrected chi connectivity index (χ2v) is 30.9. The van der Waals surface area contributed by atoms with E-state index in [2.05, 4.69) is 0 Å². The molecule has 102 heavy (non-hydrogen) atoms. The van der Waals surface area contributed by atoms with Crippen LogP contribution in [0.2, 0.25) is 0 Å². The van der Waals surface area contributed by atoms with E-state index in [1.165, 1.54) is 32.3 Å². The number of hydrogen-bond acceptors (Lipinski definition) is 22. The van der Waals surface area contributed by atoms with Gasteiger partial charge in [0, 0.05) is 94.8 Å². The molecule has 2 saturated carbocycles. The molecule has 2 unspecified atom stereocenters. The summed E-state index contributed by atoms with van der Waals surface area (Å²) in [6.07, 6.45) is 12.3. The first-order valence-electron chi connectivity index (χ1n) is 37.0. The van der Waals surface area contributed by atoms with Crippen LogP contribution in [0.5, 0.6) is 0 Å². The number of Topliss-reactive ketones (excluding diaryl/α,β-unsaturated/α-hetero) is 4. The highest BCUT2D eigenvalue weighted by Gasteiger charge is 2.65. The van der Waals surface area contributed by atoms with Crippen molar-refractivity contribution < 1.29 is 105 Å². The molecule has 2 N–H and O–H groups in total. The number of allylic oxidation sites excluding steroid dienone is 7. The first-order chi connectivity index (χ1) is 48.4. The van der Waals surface area contributed by atoms with Crippen molar-refractivity contribution in [3.63, 3.8) is 0 Å². The van der Waals surface area contributed by atoms with Crippen LogP contribution in [0.15, 0.2) is 69.4 Å². The third-order valence-corrected chi connectivity index (χ3v) is 23.6. The van der Waals surface area contributed by atoms with Gasteiger partial charge in [0.15, 0.2) is 11.5 Å². The van der Waals surface area contributed by atoms with Gasteiger partial charge in [0.05, 0.1) is 24.2 Å². The van der Waals surface area contributed by atoms with Gasteiger partial charge >= 0.3 is 29.8 Å². The Balaban J connectivity index is 0.823. The lowest BCUT2D eigenvalue weighted by molar-refractivity contribution is -0.265. The number of methoxy groups -OCH3 is 3. The summed E-state index contributed by atoms with van der Waals surface area (Å²) < 4.78 is 59.6. The van der Waals surface area contributed by atoms with E-state index in [9.17, 15) is 58.2 Å². The van der Waals surface area contributed by atoms with Gasteiger partial charge in [-0.25, -0.2) is 9.59 Å². The number of ketones is 4. The van der Waals surface area contributed by atoms with Crippen molar-refractivity contribution in [2.24, 2.45) is 46.8 Å². The van der Waals surface area contributed by atoms with E-state index in [1.807, 2.05) is 65.0 Å². The fourth-order valence-corrected chi connectivity index (χ4v) is 17.6. The van der Waals surface area contributed by atoms with Crippen LogP contribution >= 0.6 is 0 Å². The summed E-state index contributed by atoms with van der Waals surface area (Å²) in [5, 5.41) is 23.8. The van der Waals surface area contributed by atoms with Gasteiger partial charge in [-0.15, -0.1) is 0 Å². The summed E-state index contributed by atoms with van der Waals surface area (Å²) in [5.41, 5.74) is 0.716. The zero-order valence-corrected chi connectivity index (χ0v) is 61.9. The summed E-state index contributed by atoms with van der Waals surface area (Å²) in [4.78, 5) is 141. The lowest BCUT2D eigenvalue weighted by atomic mass is 9.54. The predicted molar refractivity (Wildman–Crippen MR) is 371 cm³/mol. The molecule has 2 bridgehead atoms. The molecule has 0 spiro atoms. The number of aliphatic hydroxyl groups excluding tert-OH is 1. The first-order valence-corrected chi connectivity index (χ1v) is 37.0. The Kier molecular flexibility index (Phi) is 26.5. The smallest absolute Gasteiger partial charge is 0.342 e. The monoisotopic (exact) mass is 1420 g/mol. The van der Waals surface area contributed by atoms with E-state index >= 15 is 0 Å². The van der Waals surface area contributed by atoms with Gasteiger partial charge in [0.25, 0.3) is 11.7 Å². The highest BCUT2D eigenvalue weighted by Crippen LogP contribution is 2.63. The van der Waals surface area contributed by atoms with E-state index in [1.54, 1.807) is 40.9 Å². The van der Waals surface area contributed by atoms with E-state index in [0.717, 1.165) is 5.57 Å². The van der Waals surface area contributed by atoms with Crippen molar-refractivity contribution in [2.45, 2.75) is 270 Å². The van der Waals surface area contributed by atoms with E-state index < -0.39 is 148 Å². The van der Waals surface area contributed by atoms with Gasteiger partial charge in [0.2, 0.25) is 11.6 Å². The molecule has 0 radical (unpaired) electrons. The fourth-order valence-electron chi connectivity index (χ4n) is 17.6. The molecule has 4 aliphatic heterocycles. The summed E-state index contributed by atoms with van der Waals surface area (Å²) in [7, 11) is 4.41. The minimum absolute atomic E-state index is 0.000242. The summed E-state index contributed by atoms with van der Waals surface area (Å²) in [6, 6.07) is -1.21. The third kappa shape index (κ3) is 17.1. The highest BCUT2D eigenvalue weighted by atomic mass is 16.6. The molecule has 4 aliphatic carbocycles. The maximum absolute atomic E-state index is 14.7. The molecule has 8 aliphatic rings. The standard InChI is InChI=1S/C79H109NO22/c1-43-21-15-14-16-22-44(2)58(94-12)38-53-29-26-49(7)79(92,102-53)73(88)74(89)80-34-20-19-23-56(80)76(91)99-59(39-57(82)45(3)36-48(6)69(86)72(95-13)68(85)47(5)35-43)46(4)37-51-27-30-52(31-28-51)98-63(83)24-17-18-25-64(84)100-61-33-32-55-65-67(60(97-50(8)81)40-77(55,61)9)78(10)62(42-93-11)101-75(90)54-41-96-71(66(54)78)70(65)87/h14-16,21-22,36,41,43,45-47,49,51-53,55-56,58-62,69,72,86,92H,17-20,23-35,37-40,42H2,1-13H3/b16-14+,21-15+,44-22+,48-36+/t43-,45?,46-,47-,49-,51?,52?,53+,55?,56+,58+,59+,60-,61+,62-,69-,72+,77+,78+,79-/m1/s1. The van der Waals surface area contributed by atoms with Crippen molar-refractivity contribution in [2.75, 3.05) is 34.5 Å². The van der Waals surface area contributed by atoms with Crippen LogP contribution in [-0.4, -0.2) is 175 Å². The molecule has 562 valence electrons. The quantitative estimate of drug-likeness (QED) is 0.0542. The summed E-state index contributed by atoms with van der Waals surface area (Å²) in [6.45, 7) is 17.7. The Labute approximate surface area is 599 Å². The number of piperidine rings is 1. The van der Waals surface area contributed by atoms with Crippen molar-refractivity contribution in [3.05, 3.63) is 81.9 Å². The molecular weight excluding hydrogens is 1310 g/mol. The molecule has 9 rings (SSSR count). The molecule has 4 fully saturated rings. The number of esters is 5. The Hall–Kier alpha value is -6.76. The first kappa shape index (κ1) is 79.4. The number of hydrogen-bond donors (Lipinski definition) is 2. The number of aliphatic hydroxyl groups is 2. The molecule has 1 aromatic heterocycles. The van der Waals surface area contributed by atoms with Gasteiger partial charge in [-0.1, -0.05) is 78.0 Å². The predicted octanol–water partition coefficient (Wildman–Crippen LogP) is 10.6. The maximum Gasteiger partial charge on any atom is 0.342 e. The number of fused-ring (bicyclic) bond motifs is 6. The molecule has 5 heterocycles. The van der Waals surface area contributed by atoms with Gasteiger partial charge in [-0.3, -0.25) is 38.4 Å². The normalized spacial score (nSPS) is 37.4. The number of amides is 1. The molecular formula is C79H109NO22. The van der Waals surface area contributed by atoms with Crippen LogP contribution in [0, 0.1) is 46.8 Å². The molecule has 18 atom stereocenters. The average Bonchev–Trinajstić information content (AvgIpc) is 1.41. The highest BCUT2D eigenvalue weighted by molar-refractivity contribution is 6.39. The summed E-state index contributed by atoms with van der Waals surface area (Å²) >= 11 is 0. The van der Waals surface area contributed by atoms with Gasteiger partial charge in [-0.2, -0.15) is 0 Å². The lowest BCUT2D eigenvalue weighted by Crippen LogP contribution is -2.61. The second kappa shape index (κ2) is 34.0. The lowest BCUT2D eigenvalue weighted by Gasteiger charge is -2.52. The van der Waals surface area contributed by atoms with Gasteiger partial charge in [0.1, 0.15) is 66.4 Å². The molecule has 0 aromatic carbocycles. The van der Waals surface area contributed by atoms with Crippen LogP contribution in [0.25, 0.3) is 0 Å².